The van der Waals surface area contributed by atoms with Crippen molar-refractivity contribution in [1.29, 1.82) is 0 Å². The molecule has 0 bridgehead atoms. The summed E-state index contributed by atoms with van der Waals surface area (Å²) >= 11 is 3.22. The Morgan fingerprint density at radius 3 is 2.41 bits per heavy atom. The number of nitrogens with zero attached hydrogens (tertiary/aromatic N) is 1. The summed E-state index contributed by atoms with van der Waals surface area (Å²) in [4.78, 5) is 33.9. The van der Waals surface area contributed by atoms with Gasteiger partial charge in [-0.15, -0.1) is 0 Å². The van der Waals surface area contributed by atoms with E-state index < -0.39 is 11.8 Å². The molecule has 0 heterocycles. The molecule has 27 heavy (non-hydrogen) atoms. The molecule has 0 fully saturated rings. The number of carbonyl (C=O) groups is 3. The summed E-state index contributed by atoms with van der Waals surface area (Å²) in [6.07, 6.45) is 4.33. The van der Waals surface area contributed by atoms with E-state index in [1.54, 1.807) is 18.2 Å². The quantitative estimate of drug-likeness (QED) is 0.183. The van der Waals surface area contributed by atoms with Crippen LogP contribution in [0.15, 0.2) is 52.0 Å². The lowest BCUT2D eigenvalue weighted by Gasteiger charge is -2.04. The summed E-state index contributed by atoms with van der Waals surface area (Å²) in [5.74, 6) is -1.39. The topological polar surface area (TPSA) is 128 Å². The molecule has 0 aliphatic carbocycles. The van der Waals surface area contributed by atoms with E-state index in [1.165, 1.54) is 36.0 Å². The summed E-state index contributed by atoms with van der Waals surface area (Å²) in [6.45, 7) is 0. The summed E-state index contributed by atoms with van der Waals surface area (Å²) in [5, 5.41) is 22.1. The van der Waals surface area contributed by atoms with Crippen molar-refractivity contribution >= 4 is 46.3 Å². The lowest BCUT2D eigenvalue weighted by atomic mass is 10.1. The number of phenolic OH excluding ortho intramolecular Hbond substituents is 1. The zero-order valence-electron chi connectivity index (χ0n) is 13.7. The first-order valence-electron chi connectivity index (χ1n) is 7.48. The van der Waals surface area contributed by atoms with E-state index in [0.717, 1.165) is 6.08 Å². The Labute approximate surface area is 162 Å². The number of carbonyl (C=O) groups excluding carboxylic acids is 3. The number of hydrazone groups is 1. The number of phenols is 1. The Bertz CT molecular complexity index is 923. The van der Waals surface area contributed by atoms with Gasteiger partial charge in [-0.1, -0.05) is 28.1 Å². The minimum atomic E-state index is -0.667. The van der Waals surface area contributed by atoms with Gasteiger partial charge in [0.25, 0.3) is 11.8 Å². The van der Waals surface area contributed by atoms with Crippen LogP contribution in [0.2, 0.25) is 0 Å². The predicted molar refractivity (Wildman–Crippen MR) is 102 cm³/mol. The number of hydrogen-bond donors (Lipinski definition) is 4. The molecule has 9 heteroatoms. The zero-order chi connectivity index (χ0) is 19.8. The molecule has 0 unspecified atom stereocenters. The Morgan fingerprint density at radius 2 is 1.78 bits per heavy atom. The average Bonchev–Trinajstić information content (AvgIpc) is 2.68. The van der Waals surface area contributed by atoms with Gasteiger partial charge in [0.1, 0.15) is 5.75 Å². The number of hydroxylamine groups is 1. The van der Waals surface area contributed by atoms with E-state index in [1.807, 2.05) is 0 Å². The van der Waals surface area contributed by atoms with Crippen LogP contribution in [-0.4, -0.2) is 34.6 Å². The predicted octanol–water partition coefficient (Wildman–Crippen LogP) is 2.25. The van der Waals surface area contributed by atoms with Crippen molar-refractivity contribution in [3.8, 4) is 5.75 Å². The summed E-state index contributed by atoms with van der Waals surface area (Å²) in [7, 11) is 0. The fraction of sp³-hybridized carbons (Fsp3) is 0. The van der Waals surface area contributed by atoms with E-state index >= 15 is 0 Å². The molecule has 8 nitrogen and oxygen atoms in total. The van der Waals surface area contributed by atoms with Gasteiger partial charge in [-0.25, -0.2) is 10.9 Å². The molecule has 0 aliphatic rings. The molecule has 2 amide bonds. The van der Waals surface area contributed by atoms with Crippen LogP contribution >= 0.6 is 15.9 Å². The third-order valence-corrected chi connectivity index (χ3v) is 3.80. The molecule has 2 rings (SSSR count). The molecule has 0 saturated heterocycles. The highest BCUT2D eigenvalue weighted by atomic mass is 79.9. The van der Waals surface area contributed by atoms with E-state index in [2.05, 4.69) is 26.5 Å². The van der Waals surface area contributed by atoms with Crippen molar-refractivity contribution in [1.82, 2.24) is 10.9 Å². The van der Waals surface area contributed by atoms with Gasteiger partial charge < -0.3 is 5.11 Å². The van der Waals surface area contributed by atoms with E-state index in [-0.39, 0.29) is 16.9 Å². The van der Waals surface area contributed by atoms with Gasteiger partial charge in [-0.05, 0) is 35.9 Å². The first kappa shape index (κ1) is 20.0. The Hall–Kier alpha value is -3.30. The molecule has 0 aliphatic heterocycles. The highest BCUT2D eigenvalue weighted by Gasteiger charge is 2.08. The van der Waals surface area contributed by atoms with Gasteiger partial charge >= 0.3 is 0 Å². The second-order valence-electron chi connectivity index (χ2n) is 5.18. The third kappa shape index (κ3) is 5.59. The molecular weight excluding hydrogens is 418 g/mol. The maximum atomic E-state index is 12.1. The lowest BCUT2D eigenvalue weighted by molar-refractivity contribution is -0.124. The smallest absolute Gasteiger partial charge is 0.271 e. The number of benzene rings is 2. The van der Waals surface area contributed by atoms with Crippen LogP contribution in [0.5, 0.6) is 5.75 Å². The number of hydrogen-bond acceptors (Lipinski definition) is 6. The first-order chi connectivity index (χ1) is 12.9. The van der Waals surface area contributed by atoms with Crippen LogP contribution in [0, 0.1) is 0 Å². The first-order valence-corrected chi connectivity index (χ1v) is 8.27. The largest absolute Gasteiger partial charge is 0.507 e. The van der Waals surface area contributed by atoms with Gasteiger partial charge in [0.15, 0.2) is 6.29 Å². The maximum absolute atomic E-state index is 12.1. The molecule has 4 N–H and O–H groups in total. The number of aldehydes is 1. The molecule has 0 saturated carbocycles. The SMILES string of the molecule is O=Cc1cc(Br)cc(C=NNC(=O)c2ccc(C=CC(=O)NO)cc2)c1O. The van der Waals surface area contributed by atoms with Gasteiger partial charge in [-0.3, -0.25) is 19.6 Å². The fourth-order valence-corrected chi connectivity index (χ4v) is 2.50. The molecule has 138 valence electrons. The summed E-state index contributed by atoms with van der Waals surface area (Å²) in [5.41, 5.74) is 5.11. The van der Waals surface area contributed by atoms with Crippen molar-refractivity contribution < 1.29 is 24.7 Å². The molecule has 0 spiro atoms. The van der Waals surface area contributed by atoms with Crippen molar-refractivity contribution in [2.45, 2.75) is 0 Å². The number of amides is 2. The minimum absolute atomic E-state index is 0.0932. The maximum Gasteiger partial charge on any atom is 0.271 e. The second kappa shape index (κ2) is 9.41. The number of aromatic hydroxyl groups is 1. The summed E-state index contributed by atoms with van der Waals surface area (Å²) < 4.78 is 0.577. The van der Waals surface area contributed by atoms with E-state index in [9.17, 15) is 19.5 Å². The number of halogens is 1. The van der Waals surface area contributed by atoms with Crippen LogP contribution in [0.3, 0.4) is 0 Å². The third-order valence-electron chi connectivity index (χ3n) is 3.34. The number of rotatable bonds is 6. The van der Waals surface area contributed by atoms with Crippen molar-refractivity contribution in [2.24, 2.45) is 5.10 Å². The van der Waals surface area contributed by atoms with Gasteiger partial charge in [-0.2, -0.15) is 5.10 Å². The van der Waals surface area contributed by atoms with Crippen LogP contribution in [-0.2, 0) is 4.79 Å². The Balaban J connectivity index is 2.05. The molecule has 2 aromatic rings. The van der Waals surface area contributed by atoms with Crippen molar-refractivity contribution in [3.63, 3.8) is 0 Å². The van der Waals surface area contributed by atoms with Crippen LogP contribution < -0.4 is 10.9 Å². The van der Waals surface area contributed by atoms with Crippen LogP contribution in [0.4, 0.5) is 0 Å². The normalized spacial score (nSPS) is 10.9. The minimum Gasteiger partial charge on any atom is -0.507 e. The van der Waals surface area contributed by atoms with Crippen molar-refractivity contribution in [2.75, 3.05) is 0 Å². The summed E-state index contributed by atoms with van der Waals surface area (Å²) in [6, 6.07) is 9.28. The standard InChI is InChI=1S/C18H14BrN3O5/c19-15-7-13(17(25)14(8-15)10-23)9-20-21-18(26)12-4-1-11(2-5-12)3-6-16(24)22-27/h1-10,25,27H,(H,21,26)(H,22,24). The lowest BCUT2D eigenvalue weighted by Crippen LogP contribution is -2.17. The van der Waals surface area contributed by atoms with Gasteiger partial charge in [0, 0.05) is 21.7 Å². The average molecular weight is 432 g/mol. The zero-order valence-corrected chi connectivity index (χ0v) is 15.3. The van der Waals surface area contributed by atoms with Crippen molar-refractivity contribution in [3.05, 3.63) is 69.2 Å². The molecule has 0 radical (unpaired) electrons. The molecule has 0 atom stereocenters. The fourth-order valence-electron chi connectivity index (χ4n) is 2.01. The monoisotopic (exact) mass is 431 g/mol. The highest BCUT2D eigenvalue weighted by Crippen LogP contribution is 2.24. The van der Waals surface area contributed by atoms with Crippen LogP contribution in [0.1, 0.15) is 31.8 Å². The molecule has 0 aromatic heterocycles. The molecule has 2 aromatic carbocycles. The van der Waals surface area contributed by atoms with Gasteiger partial charge in [0.05, 0.1) is 11.8 Å². The van der Waals surface area contributed by atoms with E-state index in [0.29, 0.717) is 21.9 Å². The van der Waals surface area contributed by atoms with Gasteiger partial charge in [0.2, 0.25) is 0 Å². The Kier molecular flexibility index (Phi) is 6.98. The number of nitrogens with one attached hydrogen (secondary N) is 2. The van der Waals surface area contributed by atoms with E-state index in [4.69, 9.17) is 5.21 Å². The molecular formula is C18H14BrN3O5. The highest BCUT2D eigenvalue weighted by molar-refractivity contribution is 9.10. The van der Waals surface area contributed by atoms with Crippen LogP contribution in [0.25, 0.3) is 6.08 Å². The second-order valence-corrected chi connectivity index (χ2v) is 6.10. The Morgan fingerprint density at radius 1 is 1.11 bits per heavy atom.